The molecule has 0 saturated heterocycles. The number of aromatic nitrogens is 1. The molecule has 32 heavy (non-hydrogen) atoms. The summed E-state index contributed by atoms with van der Waals surface area (Å²) in [5, 5.41) is 26.6. The fourth-order valence-corrected chi connectivity index (χ4v) is 3.41. The lowest BCUT2D eigenvalue weighted by molar-refractivity contribution is -0.394. The van der Waals surface area contributed by atoms with Gasteiger partial charge in [0.2, 0.25) is 0 Å². The largest absolute Gasteiger partial charge is 0.492 e. The van der Waals surface area contributed by atoms with E-state index in [2.05, 4.69) is 10.3 Å². The highest BCUT2D eigenvalue weighted by Gasteiger charge is 2.21. The molecule has 0 bridgehead atoms. The van der Waals surface area contributed by atoms with Gasteiger partial charge in [-0.05, 0) is 26.2 Å². The summed E-state index contributed by atoms with van der Waals surface area (Å²) in [6.07, 6.45) is 0. The standard InChI is InChI=1S/C20H19N5O6S/c1-23(2)7-8-31-18-6-4-3-5-16(18)17-12-32-20(21-17)22-19(26)13-9-14(24(27)28)11-15(10-13)25(29)30/h3-6,9-12H,7-8H2,1-2H3,(H,21,22,26). The maximum absolute atomic E-state index is 12.6. The van der Waals surface area contributed by atoms with E-state index in [9.17, 15) is 25.0 Å². The van der Waals surface area contributed by atoms with Crippen molar-refractivity contribution in [2.75, 3.05) is 32.6 Å². The molecule has 0 unspecified atom stereocenters. The second kappa shape index (κ2) is 9.94. The Labute approximate surface area is 186 Å². The third kappa shape index (κ3) is 5.62. The summed E-state index contributed by atoms with van der Waals surface area (Å²) in [4.78, 5) is 39.4. The van der Waals surface area contributed by atoms with Crippen molar-refractivity contribution in [2.24, 2.45) is 0 Å². The molecule has 0 spiro atoms. The molecule has 0 radical (unpaired) electrons. The van der Waals surface area contributed by atoms with Gasteiger partial charge in [0.05, 0.1) is 27.2 Å². The van der Waals surface area contributed by atoms with E-state index >= 15 is 0 Å². The molecule has 0 aliphatic heterocycles. The molecular weight excluding hydrogens is 438 g/mol. The quantitative estimate of drug-likeness (QED) is 0.378. The maximum Gasteiger partial charge on any atom is 0.277 e. The molecule has 3 rings (SSSR count). The van der Waals surface area contributed by atoms with Crippen molar-refractivity contribution in [1.29, 1.82) is 0 Å². The third-order valence-electron chi connectivity index (χ3n) is 4.27. The Kier molecular flexibility index (Phi) is 7.07. The van der Waals surface area contributed by atoms with Crippen LogP contribution in [-0.2, 0) is 0 Å². The first-order valence-corrected chi connectivity index (χ1v) is 10.2. The van der Waals surface area contributed by atoms with Crippen molar-refractivity contribution in [3.8, 4) is 17.0 Å². The Morgan fingerprint density at radius 2 is 1.78 bits per heavy atom. The number of anilines is 1. The number of non-ortho nitro benzene ring substituents is 2. The van der Waals surface area contributed by atoms with E-state index in [0.29, 0.717) is 18.1 Å². The molecule has 1 aromatic heterocycles. The monoisotopic (exact) mass is 457 g/mol. The van der Waals surface area contributed by atoms with Gasteiger partial charge in [0.1, 0.15) is 12.4 Å². The van der Waals surface area contributed by atoms with Crippen molar-refractivity contribution >= 4 is 33.8 Å². The van der Waals surface area contributed by atoms with Crippen LogP contribution in [0.3, 0.4) is 0 Å². The van der Waals surface area contributed by atoms with Crippen LogP contribution in [0.25, 0.3) is 11.3 Å². The molecule has 1 N–H and O–H groups in total. The van der Waals surface area contributed by atoms with Crippen LogP contribution in [0.15, 0.2) is 47.8 Å². The minimum Gasteiger partial charge on any atom is -0.492 e. The maximum atomic E-state index is 12.6. The van der Waals surface area contributed by atoms with E-state index in [0.717, 1.165) is 41.6 Å². The number of carbonyl (C=O) groups is 1. The summed E-state index contributed by atoms with van der Waals surface area (Å²) in [6, 6.07) is 10.1. The van der Waals surface area contributed by atoms with Crippen molar-refractivity contribution in [2.45, 2.75) is 0 Å². The molecule has 0 aliphatic rings. The normalized spacial score (nSPS) is 10.7. The Balaban J connectivity index is 1.80. The number of benzene rings is 2. The van der Waals surface area contributed by atoms with Crippen molar-refractivity contribution in [3.63, 3.8) is 0 Å². The summed E-state index contributed by atoms with van der Waals surface area (Å²) in [5.74, 6) is -0.0972. The van der Waals surface area contributed by atoms with Crippen LogP contribution in [0.4, 0.5) is 16.5 Å². The number of nitrogens with one attached hydrogen (secondary N) is 1. The highest BCUT2D eigenvalue weighted by atomic mass is 32.1. The molecule has 1 amide bonds. The van der Waals surface area contributed by atoms with E-state index in [-0.39, 0.29) is 10.7 Å². The van der Waals surface area contributed by atoms with Crippen LogP contribution < -0.4 is 10.1 Å². The zero-order chi connectivity index (χ0) is 23.3. The number of carbonyl (C=O) groups excluding carboxylic acids is 1. The topological polar surface area (TPSA) is 141 Å². The van der Waals surface area contributed by atoms with Crippen LogP contribution in [0, 0.1) is 20.2 Å². The third-order valence-corrected chi connectivity index (χ3v) is 5.03. The number of rotatable bonds is 9. The Morgan fingerprint density at radius 3 is 2.41 bits per heavy atom. The minimum absolute atomic E-state index is 0.213. The van der Waals surface area contributed by atoms with E-state index in [1.54, 1.807) is 5.38 Å². The summed E-state index contributed by atoms with van der Waals surface area (Å²) in [7, 11) is 3.89. The van der Waals surface area contributed by atoms with Gasteiger partial charge in [-0.2, -0.15) is 0 Å². The van der Waals surface area contributed by atoms with Gasteiger partial charge in [-0.15, -0.1) is 11.3 Å². The van der Waals surface area contributed by atoms with E-state index in [4.69, 9.17) is 4.74 Å². The molecule has 0 saturated carbocycles. The van der Waals surface area contributed by atoms with Crippen LogP contribution in [0.2, 0.25) is 0 Å². The number of hydrogen-bond donors (Lipinski definition) is 1. The highest BCUT2D eigenvalue weighted by molar-refractivity contribution is 7.14. The number of nitrogens with zero attached hydrogens (tertiary/aromatic N) is 4. The molecule has 3 aromatic rings. The minimum atomic E-state index is -0.793. The van der Waals surface area contributed by atoms with Gasteiger partial charge in [-0.3, -0.25) is 30.3 Å². The van der Waals surface area contributed by atoms with E-state index in [1.165, 1.54) is 0 Å². The number of hydrogen-bond acceptors (Lipinski definition) is 9. The number of thiazole rings is 1. The first-order chi connectivity index (χ1) is 15.2. The first kappa shape index (κ1) is 22.8. The van der Waals surface area contributed by atoms with E-state index in [1.807, 2.05) is 43.3 Å². The lowest BCUT2D eigenvalue weighted by atomic mass is 10.1. The SMILES string of the molecule is CN(C)CCOc1ccccc1-c1csc(NC(=O)c2cc([N+](=O)[O-])cc([N+](=O)[O-])c2)n1. The first-order valence-electron chi connectivity index (χ1n) is 9.32. The smallest absolute Gasteiger partial charge is 0.277 e. The van der Waals surface area contributed by atoms with Gasteiger partial charge in [0.15, 0.2) is 5.13 Å². The molecule has 1 heterocycles. The number of para-hydroxylation sites is 1. The molecule has 2 aromatic carbocycles. The molecule has 11 nitrogen and oxygen atoms in total. The summed E-state index contributed by atoms with van der Waals surface area (Å²) in [6.45, 7) is 1.23. The Bertz CT molecular complexity index is 1130. The van der Waals surface area contributed by atoms with Crippen LogP contribution in [-0.4, -0.2) is 52.9 Å². The number of likely N-dealkylation sites (N-methyl/N-ethyl adjacent to an activating group) is 1. The molecule has 0 atom stereocenters. The van der Waals surface area contributed by atoms with Gasteiger partial charge in [0, 0.05) is 29.6 Å². The number of ether oxygens (including phenoxy) is 1. The predicted octanol–water partition coefficient (Wildman–Crippen LogP) is 3.82. The van der Waals surface area contributed by atoms with Crippen LogP contribution in [0.1, 0.15) is 10.4 Å². The summed E-state index contributed by atoms with van der Waals surface area (Å²) in [5.41, 5.74) is 0.0146. The van der Waals surface area contributed by atoms with Gasteiger partial charge < -0.3 is 9.64 Å². The summed E-state index contributed by atoms with van der Waals surface area (Å²) >= 11 is 1.15. The van der Waals surface area contributed by atoms with Crippen molar-refractivity contribution in [3.05, 3.63) is 73.6 Å². The average Bonchev–Trinajstić information content (AvgIpc) is 3.21. The fraction of sp³-hybridized carbons (Fsp3) is 0.200. The molecule has 0 fully saturated rings. The van der Waals surface area contributed by atoms with Gasteiger partial charge >= 0.3 is 0 Å². The zero-order valence-electron chi connectivity index (χ0n) is 17.2. The molecule has 0 aliphatic carbocycles. The predicted molar refractivity (Wildman–Crippen MR) is 119 cm³/mol. The average molecular weight is 457 g/mol. The second-order valence-corrected chi connectivity index (χ2v) is 7.75. The van der Waals surface area contributed by atoms with Gasteiger partial charge in [-0.25, -0.2) is 4.98 Å². The zero-order valence-corrected chi connectivity index (χ0v) is 18.0. The van der Waals surface area contributed by atoms with Crippen LogP contribution >= 0.6 is 11.3 Å². The van der Waals surface area contributed by atoms with Gasteiger partial charge in [0.25, 0.3) is 17.3 Å². The number of nitro groups is 2. The highest BCUT2D eigenvalue weighted by Crippen LogP contribution is 2.32. The number of nitro benzene ring substituents is 2. The Morgan fingerprint density at radius 1 is 1.12 bits per heavy atom. The van der Waals surface area contributed by atoms with Crippen molar-refractivity contribution < 1.29 is 19.4 Å². The number of amides is 1. The van der Waals surface area contributed by atoms with Crippen LogP contribution in [0.5, 0.6) is 5.75 Å². The fourth-order valence-electron chi connectivity index (χ4n) is 2.70. The van der Waals surface area contributed by atoms with Crippen molar-refractivity contribution in [1.82, 2.24) is 9.88 Å². The lowest BCUT2D eigenvalue weighted by Gasteiger charge is -2.13. The summed E-state index contributed by atoms with van der Waals surface area (Å²) < 4.78 is 5.84. The molecular formula is C20H19N5O6S. The second-order valence-electron chi connectivity index (χ2n) is 6.89. The Hall–Kier alpha value is -3.90. The molecule has 12 heteroatoms. The lowest BCUT2D eigenvalue weighted by Crippen LogP contribution is -2.19. The molecule has 166 valence electrons. The van der Waals surface area contributed by atoms with Gasteiger partial charge in [-0.1, -0.05) is 12.1 Å². The van der Waals surface area contributed by atoms with E-state index < -0.39 is 27.1 Å².